The highest BCUT2D eigenvalue weighted by molar-refractivity contribution is 6.13. The van der Waals surface area contributed by atoms with Crippen LogP contribution in [-0.2, 0) is 0 Å². The Morgan fingerprint density at radius 2 is 0.866 bits per heavy atom. The van der Waals surface area contributed by atoms with Crippen LogP contribution in [0.1, 0.15) is 16.7 Å². The monoisotopic (exact) mass is 854 g/mol. The summed E-state index contributed by atoms with van der Waals surface area (Å²) in [5.41, 5.74) is 16.8. The van der Waals surface area contributed by atoms with E-state index in [-0.39, 0.29) is 0 Å². The molecular formula is C61H38N6. The van der Waals surface area contributed by atoms with Crippen molar-refractivity contribution >= 4 is 43.6 Å². The summed E-state index contributed by atoms with van der Waals surface area (Å²) in [4.78, 5) is 10.2. The predicted molar refractivity (Wildman–Crippen MR) is 272 cm³/mol. The molecule has 0 N–H and O–H groups in total. The smallest absolute Gasteiger partial charge is 0.104 e. The van der Waals surface area contributed by atoms with E-state index in [0.717, 1.165) is 117 Å². The lowest BCUT2D eigenvalue weighted by atomic mass is 9.95. The fourth-order valence-electron chi connectivity index (χ4n) is 9.84. The molecule has 0 radical (unpaired) electrons. The van der Waals surface area contributed by atoms with Gasteiger partial charge < -0.3 is 9.13 Å². The van der Waals surface area contributed by atoms with Gasteiger partial charge in [-0.15, -0.1) is 0 Å². The number of para-hydroxylation sites is 2. The summed E-state index contributed by atoms with van der Waals surface area (Å²) >= 11 is 0. The zero-order valence-corrected chi connectivity index (χ0v) is 36.4. The van der Waals surface area contributed by atoms with E-state index < -0.39 is 0 Å². The molecule has 6 heteroatoms. The van der Waals surface area contributed by atoms with Crippen molar-refractivity contribution in [1.82, 2.24) is 19.1 Å². The molecule has 4 heterocycles. The Morgan fingerprint density at radius 1 is 0.373 bits per heavy atom. The van der Waals surface area contributed by atoms with Gasteiger partial charge in [0.15, 0.2) is 0 Å². The molecule has 12 aromatic rings. The highest BCUT2D eigenvalue weighted by Crippen LogP contribution is 2.43. The average molecular weight is 855 g/mol. The van der Waals surface area contributed by atoms with Crippen molar-refractivity contribution in [2.75, 3.05) is 0 Å². The van der Waals surface area contributed by atoms with Crippen LogP contribution < -0.4 is 0 Å². The number of rotatable bonds is 7. The van der Waals surface area contributed by atoms with Crippen molar-refractivity contribution in [1.29, 1.82) is 10.5 Å². The minimum Gasteiger partial charge on any atom is -0.308 e. The Labute approximate surface area is 387 Å². The maximum absolute atomic E-state index is 11.7. The summed E-state index contributed by atoms with van der Waals surface area (Å²) in [6, 6.07) is 77.8. The van der Waals surface area contributed by atoms with Gasteiger partial charge in [0, 0.05) is 49.4 Å². The van der Waals surface area contributed by atoms with E-state index >= 15 is 0 Å². The van der Waals surface area contributed by atoms with Crippen molar-refractivity contribution in [2.24, 2.45) is 0 Å². The number of nitrogens with zero attached hydrogens (tertiary/aromatic N) is 6. The quantitative estimate of drug-likeness (QED) is 0.160. The number of aryl methyl sites for hydroxylation is 1. The Balaban J connectivity index is 1.10. The van der Waals surface area contributed by atoms with Gasteiger partial charge in [-0.2, -0.15) is 10.5 Å². The highest BCUT2D eigenvalue weighted by atomic mass is 15.0. The molecule has 0 atom stereocenters. The summed E-state index contributed by atoms with van der Waals surface area (Å²) in [6.45, 7) is 2.01. The van der Waals surface area contributed by atoms with Gasteiger partial charge in [-0.05, 0) is 96.9 Å². The second-order valence-electron chi connectivity index (χ2n) is 16.9. The third-order valence-electron chi connectivity index (χ3n) is 12.8. The van der Waals surface area contributed by atoms with E-state index in [0.29, 0.717) is 11.1 Å². The Hall–Kier alpha value is -9.36. The molecule has 0 saturated carbocycles. The summed E-state index contributed by atoms with van der Waals surface area (Å²) in [5.74, 6) is 0. The van der Waals surface area contributed by atoms with Crippen molar-refractivity contribution in [2.45, 2.75) is 6.92 Å². The average Bonchev–Trinajstić information content (AvgIpc) is 3.90. The lowest BCUT2D eigenvalue weighted by Gasteiger charge is -2.20. The van der Waals surface area contributed by atoms with E-state index in [9.17, 15) is 10.5 Å². The molecule has 0 fully saturated rings. The molecule has 67 heavy (non-hydrogen) atoms. The third kappa shape index (κ3) is 6.64. The lowest BCUT2D eigenvalue weighted by Crippen LogP contribution is -2.06. The molecule has 0 saturated heterocycles. The standard InChI is InChI=1S/C61H38N6/c1-39-32-40(37-62)34-45(33-39)46-28-31-60(66-56-24-10-8-18-47(56)49-35-43(26-29-58(49)66)54-22-12-20-52(64-54)41-14-4-2-5-15-41)51(38-63)61(46)67-57-25-11-9-19-48(57)50-36-44(27-30-59(50)67)55-23-13-21-53(65-55)42-16-6-3-7-17-42/h2-36H,1H3. The second-order valence-corrected chi connectivity index (χ2v) is 16.9. The van der Waals surface area contributed by atoms with Gasteiger partial charge in [0.05, 0.1) is 67.8 Å². The zero-order valence-electron chi connectivity index (χ0n) is 36.4. The first-order chi connectivity index (χ1) is 33.0. The summed E-state index contributed by atoms with van der Waals surface area (Å²) in [7, 11) is 0. The molecule has 0 aliphatic heterocycles. The Kier molecular flexibility index (Phi) is 9.38. The minimum atomic E-state index is 0.505. The summed E-state index contributed by atoms with van der Waals surface area (Å²) < 4.78 is 4.47. The van der Waals surface area contributed by atoms with Crippen LogP contribution in [0.4, 0.5) is 0 Å². The molecule has 12 rings (SSSR count). The molecule has 4 aromatic heterocycles. The number of aromatic nitrogens is 4. The topological polar surface area (TPSA) is 83.2 Å². The third-order valence-corrected chi connectivity index (χ3v) is 12.8. The predicted octanol–water partition coefficient (Wildman–Crippen LogP) is 15.1. The van der Waals surface area contributed by atoms with E-state index in [1.54, 1.807) is 0 Å². The maximum atomic E-state index is 11.7. The Morgan fingerprint density at radius 3 is 1.42 bits per heavy atom. The normalized spacial score (nSPS) is 11.3. The van der Waals surface area contributed by atoms with E-state index in [4.69, 9.17) is 9.97 Å². The summed E-state index contributed by atoms with van der Waals surface area (Å²) in [5, 5.41) is 26.1. The number of nitriles is 2. The number of benzene rings is 8. The van der Waals surface area contributed by atoms with Crippen molar-refractivity contribution in [3.05, 3.63) is 229 Å². The Bertz CT molecular complexity index is 4010. The van der Waals surface area contributed by atoms with Crippen LogP contribution in [0, 0.1) is 29.6 Å². The molecule has 0 spiro atoms. The number of hydrogen-bond acceptors (Lipinski definition) is 4. The van der Waals surface area contributed by atoms with Gasteiger partial charge in [0.2, 0.25) is 0 Å². The molecule has 0 bridgehead atoms. The molecule has 0 aliphatic carbocycles. The first-order valence-electron chi connectivity index (χ1n) is 22.3. The number of fused-ring (bicyclic) bond motifs is 6. The van der Waals surface area contributed by atoms with Crippen molar-refractivity contribution in [3.8, 4) is 79.7 Å². The first kappa shape index (κ1) is 39.2. The fourth-order valence-corrected chi connectivity index (χ4v) is 9.84. The minimum absolute atomic E-state index is 0.505. The molecule has 0 aliphatic rings. The molecular weight excluding hydrogens is 817 g/mol. The fraction of sp³-hybridized carbons (Fsp3) is 0.0164. The van der Waals surface area contributed by atoms with Gasteiger partial charge in [0.1, 0.15) is 11.6 Å². The maximum Gasteiger partial charge on any atom is 0.104 e. The van der Waals surface area contributed by atoms with Crippen LogP contribution in [0.25, 0.3) is 111 Å². The van der Waals surface area contributed by atoms with Crippen LogP contribution in [0.15, 0.2) is 212 Å². The highest BCUT2D eigenvalue weighted by Gasteiger charge is 2.25. The van der Waals surface area contributed by atoms with Gasteiger partial charge in [-0.1, -0.05) is 133 Å². The zero-order chi connectivity index (χ0) is 45.0. The van der Waals surface area contributed by atoms with Crippen LogP contribution >= 0.6 is 0 Å². The van der Waals surface area contributed by atoms with Gasteiger partial charge >= 0.3 is 0 Å². The number of pyridine rings is 2. The molecule has 6 nitrogen and oxygen atoms in total. The summed E-state index contributed by atoms with van der Waals surface area (Å²) in [6.07, 6.45) is 0. The van der Waals surface area contributed by atoms with E-state index in [1.165, 1.54) is 0 Å². The van der Waals surface area contributed by atoms with Gasteiger partial charge in [-0.3, -0.25) is 0 Å². The molecule has 8 aromatic carbocycles. The lowest BCUT2D eigenvalue weighted by molar-refractivity contribution is 1.12. The first-order valence-corrected chi connectivity index (χ1v) is 22.3. The molecule has 0 unspecified atom stereocenters. The second kappa shape index (κ2) is 16.0. The van der Waals surface area contributed by atoms with Crippen LogP contribution in [0.5, 0.6) is 0 Å². The van der Waals surface area contributed by atoms with E-state index in [1.807, 2.05) is 67.6 Å². The largest absolute Gasteiger partial charge is 0.308 e. The molecule has 312 valence electrons. The number of hydrogen-bond donors (Lipinski definition) is 0. The SMILES string of the molecule is Cc1cc(C#N)cc(-c2ccc(-n3c4ccccc4c4cc(-c5cccc(-c6ccccc6)n5)ccc43)c(C#N)c2-n2c3ccccc3c3cc(-c4cccc(-c5ccccc5)n4)ccc32)c1. The van der Waals surface area contributed by atoms with Crippen LogP contribution in [0.2, 0.25) is 0 Å². The van der Waals surface area contributed by atoms with Crippen LogP contribution in [0.3, 0.4) is 0 Å². The molecule has 0 amide bonds. The van der Waals surface area contributed by atoms with E-state index in [2.05, 4.69) is 173 Å². The van der Waals surface area contributed by atoms with Crippen molar-refractivity contribution in [3.63, 3.8) is 0 Å². The van der Waals surface area contributed by atoms with Gasteiger partial charge in [-0.25, -0.2) is 9.97 Å². The van der Waals surface area contributed by atoms with Gasteiger partial charge in [0.25, 0.3) is 0 Å². The van der Waals surface area contributed by atoms with Crippen molar-refractivity contribution < 1.29 is 0 Å². The van der Waals surface area contributed by atoms with Crippen LogP contribution in [-0.4, -0.2) is 19.1 Å².